The van der Waals surface area contributed by atoms with E-state index in [9.17, 15) is 4.79 Å². The second kappa shape index (κ2) is 10.0. The van der Waals surface area contributed by atoms with Gasteiger partial charge in [-0.3, -0.25) is 0 Å². The lowest BCUT2D eigenvalue weighted by molar-refractivity contribution is -0.133. The fourth-order valence-corrected chi connectivity index (χ4v) is 2.58. The number of carbonyl (C=O) groups excluding carboxylic acids is 1. The van der Waals surface area contributed by atoms with Crippen molar-refractivity contribution in [2.24, 2.45) is 5.16 Å². The minimum Gasteiger partial charge on any atom is -0.503 e. The number of hydrogen-bond donors (Lipinski definition) is 1. The summed E-state index contributed by atoms with van der Waals surface area (Å²) < 4.78 is 21.2. The van der Waals surface area contributed by atoms with Crippen molar-refractivity contribution in [2.75, 3.05) is 21.3 Å². The summed E-state index contributed by atoms with van der Waals surface area (Å²) in [6, 6.07) is 12.5. The topological polar surface area (TPSA) is 86.6 Å². The average Bonchev–Trinajstić information content (AvgIpc) is 2.75. The molecule has 0 atom stereocenters. The first-order chi connectivity index (χ1) is 13.5. The number of nitrogens with zero attached hydrogens (tertiary/aromatic N) is 1. The summed E-state index contributed by atoms with van der Waals surface area (Å²) in [6.45, 7) is 1.87. The molecule has 1 N–H and O–H groups in total. The van der Waals surface area contributed by atoms with Crippen molar-refractivity contribution in [1.82, 2.24) is 0 Å². The molecule has 0 spiro atoms. The minimum absolute atomic E-state index is 0.191. The maximum Gasteiger partial charge on any atom is 0.341 e. The number of methoxy groups -OCH3 is 3. The van der Waals surface area contributed by atoms with Crippen LogP contribution in [0.3, 0.4) is 0 Å². The molecule has 0 aliphatic carbocycles. The van der Waals surface area contributed by atoms with Gasteiger partial charge in [0.15, 0.2) is 11.5 Å². The van der Waals surface area contributed by atoms with Gasteiger partial charge in [-0.1, -0.05) is 29.4 Å². The maximum atomic E-state index is 12.1. The van der Waals surface area contributed by atoms with Gasteiger partial charge in [0.25, 0.3) is 0 Å². The van der Waals surface area contributed by atoms with Gasteiger partial charge in [-0.05, 0) is 36.2 Å². The van der Waals surface area contributed by atoms with E-state index in [1.807, 2.05) is 18.2 Å². The van der Waals surface area contributed by atoms with Gasteiger partial charge in [0.1, 0.15) is 12.2 Å². The molecule has 28 heavy (non-hydrogen) atoms. The van der Waals surface area contributed by atoms with Crippen molar-refractivity contribution in [3.8, 4) is 11.5 Å². The Hall–Kier alpha value is -3.48. The Morgan fingerprint density at radius 3 is 2.50 bits per heavy atom. The average molecular weight is 385 g/mol. The molecular formula is C21H23NO6. The van der Waals surface area contributed by atoms with Gasteiger partial charge in [0, 0.05) is 5.56 Å². The number of carbonyl (C=O) groups is 1. The molecule has 0 fully saturated rings. The van der Waals surface area contributed by atoms with Crippen LogP contribution < -0.4 is 9.47 Å². The third-order valence-corrected chi connectivity index (χ3v) is 4.06. The molecule has 2 aromatic rings. The first-order valence-corrected chi connectivity index (χ1v) is 8.45. The lowest BCUT2D eigenvalue weighted by Gasteiger charge is -2.15. The molecule has 0 saturated carbocycles. The van der Waals surface area contributed by atoms with Gasteiger partial charge in [-0.15, -0.1) is 0 Å². The minimum atomic E-state index is -0.505. The van der Waals surface area contributed by atoms with Crippen molar-refractivity contribution in [1.29, 1.82) is 0 Å². The highest BCUT2D eigenvalue weighted by Crippen LogP contribution is 2.30. The molecule has 0 saturated heterocycles. The summed E-state index contributed by atoms with van der Waals surface area (Å²) in [7, 11) is 4.31. The van der Waals surface area contributed by atoms with Crippen LogP contribution in [0.25, 0.3) is 5.57 Å². The van der Waals surface area contributed by atoms with E-state index in [1.165, 1.54) is 27.6 Å². The van der Waals surface area contributed by atoms with E-state index < -0.39 is 5.97 Å². The highest BCUT2D eigenvalue weighted by Gasteiger charge is 2.17. The van der Waals surface area contributed by atoms with E-state index in [0.717, 1.165) is 5.56 Å². The summed E-state index contributed by atoms with van der Waals surface area (Å²) >= 11 is 0. The molecule has 0 heterocycles. The first-order valence-electron chi connectivity index (χ1n) is 8.45. The number of esters is 1. The first kappa shape index (κ1) is 20.8. The fourth-order valence-electron chi connectivity index (χ4n) is 2.58. The number of benzene rings is 2. The van der Waals surface area contributed by atoms with E-state index >= 15 is 0 Å². The van der Waals surface area contributed by atoms with E-state index in [-0.39, 0.29) is 6.61 Å². The highest BCUT2D eigenvalue weighted by molar-refractivity contribution is 6.16. The van der Waals surface area contributed by atoms with Crippen LogP contribution in [0.2, 0.25) is 0 Å². The molecule has 0 radical (unpaired) electrons. The molecule has 0 aliphatic rings. The number of hydrogen-bond acceptors (Lipinski definition) is 7. The molecule has 7 heteroatoms. The van der Waals surface area contributed by atoms with Crippen LogP contribution in [0.4, 0.5) is 0 Å². The van der Waals surface area contributed by atoms with Crippen molar-refractivity contribution in [2.45, 2.75) is 13.5 Å². The summed E-state index contributed by atoms with van der Waals surface area (Å²) in [5.74, 6) is 0.510. The molecule has 0 aliphatic heterocycles. The summed E-state index contributed by atoms with van der Waals surface area (Å²) in [5.41, 5.74) is 2.89. The lowest BCUT2D eigenvalue weighted by Crippen LogP contribution is -2.08. The molecule has 0 bridgehead atoms. The number of ether oxygens (including phenoxy) is 4. The third kappa shape index (κ3) is 4.82. The summed E-state index contributed by atoms with van der Waals surface area (Å²) in [6.07, 6.45) is 1.34. The van der Waals surface area contributed by atoms with Gasteiger partial charge >= 0.3 is 5.97 Å². The largest absolute Gasteiger partial charge is 0.503 e. The zero-order chi connectivity index (χ0) is 20.5. The molecule has 0 unspecified atom stereocenters. The predicted molar refractivity (Wildman–Crippen MR) is 105 cm³/mol. The number of rotatable bonds is 8. The SMILES string of the molecule is CO/C=C(\C(=O)OC)c1ccccc1COc1ccc(/C(C)=N/O)cc1OC. The highest BCUT2D eigenvalue weighted by atomic mass is 16.5. The van der Waals surface area contributed by atoms with Crippen LogP contribution in [0, 0.1) is 0 Å². The maximum absolute atomic E-state index is 12.1. The van der Waals surface area contributed by atoms with Crippen molar-refractivity contribution < 1.29 is 28.9 Å². The quantitative estimate of drug-likeness (QED) is 0.186. The van der Waals surface area contributed by atoms with Crippen molar-refractivity contribution in [3.63, 3.8) is 0 Å². The molecule has 0 aromatic heterocycles. The Morgan fingerprint density at radius 1 is 1.11 bits per heavy atom. The smallest absolute Gasteiger partial charge is 0.341 e. The van der Waals surface area contributed by atoms with E-state index in [0.29, 0.717) is 33.9 Å². The van der Waals surface area contributed by atoms with Crippen LogP contribution in [-0.2, 0) is 20.9 Å². The molecular weight excluding hydrogens is 362 g/mol. The van der Waals surface area contributed by atoms with Gasteiger partial charge in [0.2, 0.25) is 0 Å². The van der Waals surface area contributed by atoms with Crippen LogP contribution >= 0.6 is 0 Å². The molecule has 2 rings (SSSR count). The monoisotopic (exact) mass is 385 g/mol. The summed E-state index contributed by atoms with van der Waals surface area (Å²) in [4.78, 5) is 12.1. The Morgan fingerprint density at radius 2 is 1.86 bits per heavy atom. The molecule has 2 aromatic carbocycles. The van der Waals surface area contributed by atoms with Crippen LogP contribution in [0.15, 0.2) is 53.9 Å². The summed E-state index contributed by atoms with van der Waals surface area (Å²) in [5, 5.41) is 12.1. The zero-order valence-corrected chi connectivity index (χ0v) is 16.3. The second-order valence-electron chi connectivity index (χ2n) is 5.76. The molecule has 0 amide bonds. The normalized spacial score (nSPS) is 11.7. The predicted octanol–water partition coefficient (Wildman–Crippen LogP) is 3.63. The van der Waals surface area contributed by atoms with Gasteiger partial charge in [-0.2, -0.15) is 0 Å². The van der Waals surface area contributed by atoms with Crippen molar-refractivity contribution in [3.05, 3.63) is 65.4 Å². The van der Waals surface area contributed by atoms with E-state index in [4.69, 9.17) is 24.2 Å². The molecule has 148 valence electrons. The Kier molecular flexibility index (Phi) is 7.45. The molecule has 7 nitrogen and oxygen atoms in total. The lowest BCUT2D eigenvalue weighted by atomic mass is 10.0. The number of oxime groups is 1. The van der Waals surface area contributed by atoms with E-state index in [1.54, 1.807) is 31.2 Å². The Bertz CT molecular complexity index is 888. The van der Waals surface area contributed by atoms with Crippen molar-refractivity contribution >= 4 is 17.3 Å². The van der Waals surface area contributed by atoms with E-state index in [2.05, 4.69) is 5.16 Å². The zero-order valence-electron chi connectivity index (χ0n) is 16.3. The third-order valence-electron chi connectivity index (χ3n) is 4.06. The van der Waals surface area contributed by atoms with Crippen LogP contribution in [-0.4, -0.2) is 38.2 Å². The van der Waals surface area contributed by atoms with Crippen LogP contribution in [0.1, 0.15) is 23.6 Å². The second-order valence-corrected chi connectivity index (χ2v) is 5.76. The standard InChI is InChI=1S/C21H23NO6/c1-14(22-24)15-9-10-19(20(11-15)26-3)28-12-16-7-5-6-8-17(16)18(13-25-2)21(23)27-4/h5-11,13,24H,12H2,1-4H3/b18-13-,22-14+. The van der Waals surface area contributed by atoms with Gasteiger partial charge in [-0.25, -0.2) is 4.79 Å². The Balaban J connectivity index is 2.31. The Labute approximate surface area is 163 Å². The fraction of sp³-hybridized carbons (Fsp3) is 0.238. The van der Waals surface area contributed by atoms with Gasteiger partial charge < -0.3 is 24.2 Å². The van der Waals surface area contributed by atoms with Gasteiger partial charge in [0.05, 0.1) is 33.3 Å². The van der Waals surface area contributed by atoms with Crippen LogP contribution in [0.5, 0.6) is 11.5 Å².